The van der Waals surface area contributed by atoms with Gasteiger partial charge in [0.15, 0.2) is 5.65 Å². The first kappa shape index (κ1) is 15.8. The number of aromatic nitrogens is 4. The Balaban J connectivity index is 2.05. The number of nitrogens with one attached hydrogen (secondary N) is 2. The number of H-pyrrole nitrogens is 1. The average Bonchev–Trinajstić information content (AvgIpc) is 2.96. The first-order valence-electron chi connectivity index (χ1n) is 6.13. The van der Waals surface area contributed by atoms with Gasteiger partial charge >= 0.3 is 0 Å². The van der Waals surface area contributed by atoms with Crippen molar-refractivity contribution in [3.63, 3.8) is 0 Å². The maximum Gasteiger partial charge on any atom is 0.265 e. The normalized spacial score (nSPS) is 11.6. The van der Waals surface area contributed by atoms with E-state index >= 15 is 0 Å². The van der Waals surface area contributed by atoms with Crippen molar-refractivity contribution in [1.29, 1.82) is 0 Å². The molecule has 11 heteroatoms. The van der Waals surface area contributed by atoms with Gasteiger partial charge in [-0.3, -0.25) is 0 Å². The molecular weight excluding hydrogens is 365 g/mol. The third-order valence-electron chi connectivity index (χ3n) is 2.85. The maximum absolute atomic E-state index is 12.4. The van der Waals surface area contributed by atoms with E-state index in [4.69, 9.17) is 27.9 Å². The Morgan fingerprint density at radius 1 is 1.26 bits per heavy atom. The van der Waals surface area contributed by atoms with Crippen molar-refractivity contribution in [3.8, 4) is 5.88 Å². The zero-order valence-corrected chi connectivity index (χ0v) is 13.9. The van der Waals surface area contributed by atoms with Gasteiger partial charge in [0.2, 0.25) is 11.8 Å². The van der Waals surface area contributed by atoms with Gasteiger partial charge in [-0.2, -0.15) is 9.97 Å². The summed E-state index contributed by atoms with van der Waals surface area (Å²) < 4.78 is 32.2. The molecule has 0 spiro atoms. The van der Waals surface area contributed by atoms with Crippen LogP contribution in [0.5, 0.6) is 5.88 Å². The number of hydrogen-bond acceptors (Lipinski definition) is 6. The smallest absolute Gasteiger partial charge is 0.265 e. The minimum Gasteiger partial charge on any atom is -0.479 e. The molecule has 2 aromatic heterocycles. The van der Waals surface area contributed by atoms with E-state index in [9.17, 15) is 8.42 Å². The van der Waals surface area contributed by atoms with Gasteiger partial charge in [0.1, 0.15) is 10.4 Å². The SMILES string of the molecule is COc1nc(NS(=O)(=O)c2cc(Cl)ccc2Cl)nc2nc[nH]c12. The molecule has 0 fully saturated rings. The van der Waals surface area contributed by atoms with Crippen LogP contribution < -0.4 is 9.46 Å². The third kappa shape index (κ3) is 3.03. The van der Waals surface area contributed by atoms with Crippen molar-refractivity contribution in [2.24, 2.45) is 0 Å². The van der Waals surface area contributed by atoms with Gasteiger partial charge in [-0.05, 0) is 18.2 Å². The Bertz CT molecular complexity index is 990. The van der Waals surface area contributed by atoms with Crippen LogP contribution in [-0.2, 0) is 10.0 Å². The van der Waals surface area contributed by atoms with Crippen LogP contribution >= 0.6 is 23.2 Å². The number of imidazole rings is 1. The number of hydrogen-bond donors (Lipinski definition) is 2. The fourth-order valence-electron chi connectivity index (χ4n) is 1.86. The second-order valence-electron chi connectivity index (χ2n) is 4.34. The predicted molar refractivity (Wildman–Crippen MR) is 85.5 cm³/mol. The van der Waals surface area contributed by atoms with Crippen LogP contribution in [0, 0.1) is 0 Å². The zero-order valence-electron chi connectivity index (χ0n) is 11.5. The number of ether oxygens (including phenoxy) is 1. The standard InChI is InChI=1S/C12H9Cl2N5O3S/c1-22-11-9-10(16-5-15-9)17-12(18-11)19-23(20,21)8-4-6(13)2-3-7(8)14/h2-5H,1H3,(H2,15,16,17,18,19). The van der Waals surface area contributed by atoms with E-state index in [0.29, 0.717) is 5.52 Å². The highest BCUT2D eigenvalue weighted by atomic mass is 35.5. The lowest BCUT2D eigenvalue weighted by atomic mass is 10.4. The minimum absolute atomic E-state index is 0.0229. The van der Waals surface area contributed by atoms with Gasteiger partial charge in [0, 0.05) is 5.02 Å². The third-order valence-corrected chi connectivity index (χ3v) is 4.90. The second kappa shape index (κ2) is 5.84. The van der Waals surface area contributed by atoms with Crippen LogP contribution in [0.3, 0.4) is 0 Å². The molecule has 0 atom stereocenters. The number of benzene rings is 1. The Morgan fingerprint density at radius 2 is 2.04 bits per heavy atom. The number of fused-ring (bicyclic) bond motifs is 1. The highest BCUT2D eigenvalue weighted by molar-refractivity contribution is 7.92. The molecule has 2 heterocycles. The molecule has 0 radical (unpaired) electrons. The lowest BCUT2D eigenvalue weighted by Gasteiger charge is -2.09. The average molecular weight is 374 g/mol. The molecule has 0 aliphatic carbocycles. The van der Waals surface area contributed by atoms with Crippen LogP contribution in [0.2, 0.25) is 10.0 Å². The number of nitrogens with zero attached hydrogens (tertiary/aromatic N) is 3. The van der Waals surface area contributed by atoms with E-state index in [1.165, 1.54) is 31.6 Å². The molecule has 120 valence electrons. The lowest BCUT2D eigenvalue weighted by Crippen LogP contribution is -2.16. The van der Waals surface area contributed by atoms with Crippen LogP contribution in [0.15, 0.2) is 29.4 Å². The highest BCUT2D eigenvalue weighted by Gasteiger charge is 2.21. The number of rotatable bonds is 4. The Hall–Kier alpha value is -2.10. The van der Waals surface area contributed by atoms with Gasteiger partial charge in [0.25, 0.3) is 10.0 Å². The molecule has 0 unspecified atom stereocenters. The molecule has 0 aliphatic rings. The first-order valence-corrected chi connectivity index (χ1v) is 8.37. The van der Waals surface area contributed by atoms with Crippen molar-refractivity contribution in [2.45, 2.75) is 4.90 Å². The zero-order chi connectivity index (χ0) is 16.6. The fourth-order valence-corrected chi connectivity index (χ4v) is 3.57. The maximum atomic E-state index is 12.4. The fraction of sp³-hybridized carbons (Fsp3) is 0.0833. The van der Waals surface area contributed by atoms with Crippen molar-refractivity contribution in [1.82, 2.24) is 19.9 Å². The Morgan fingerprint density at radius 3 is 2.78 bits per heavy atom. The molecule has 0 aliphatic heterocycles. The molecule has 3 rings (SSSR count). The van der Waals surface area contributed by atoms with E-state index in [1.807, 2.05) is 0 Å². The summed E-state index contributed by atoms with van der Waals surface area (Å²) in [6.45, 7) is 0. The van der Waals surface area contributed by atoms with Crippen molar-refractivity contribution >= 4 is 50.3 Å². The molecular formula is C12H9Cl2N5O3S. The van der Waals surface area contributed by atoms with Gasteiger partial charge in [-0.1, -0.05) is 23.2 Å². The van der Waals surface area contributed by atoms with E-state index in [1.54, 1.807) is 0 Å². The highest BCUT2D eigenvalue weighted by Crippen LogP contribution is 2.27. The van der Waals surface area contributed by atoms with E-state index < -0.39 is 10.0 Å². The molecule has 0 saturated carbocycles. The summed E-state index contributed by atoms with van der Waals surface area (Å²) in [6.07, 6.45) is 1.40. The number of methoxy groups -OCH3 is 1. The van der Waals surface area contributed by atoms with Gasteiger partial charge in [-0.25, -0.2) is 18.1 Å². The summed E-state index contributed by atoms with van der Waals surface area (Å²) in [6, 6.07) is 4.10. The molecule has 3 aromatic rings. The molecule has 8 nitrogen and oxygen atoms in total. The van der Waals surface area contributed by atoms with Crippen LogP contribution in [0.4, 0.5) is 5.95 Å². The van der Waals surface area contributed by atoms with E-state index in [-0.39, 0.29) is 32.4 Å². The van der Waals surface area contributed by atoms with Gasteiger partial charge < -0.3 is 9.72 Å². The van der Waals surface area contributed by atoms with Gasteiger partial charge in [0.05, 0.1) is 18.5 Å². The lowest BCUT2D eigenvalue weighted by molar-refractivity contribution is 0.402. The number of aromatic amines is 1. The summed E-state index contributed by atoms with van der Waals surface area (Å²) in [7, 11) is -2.63. The minimum atomic E-state index is -4.03. The number of anilines is 1. The van der Waals surface area contributed by atoms with Crippen molar-refractivity contribution in [3.05, 3.63) is 34.6 Å². The van der Waals surface area contributed by atoms with Crippen molar-refractivity contribution in [2.75, 3.05) is 11.8 Å². The quantitative estimate of drug-likeness (QED) is 0.726. The molecule has 2 N–H and O–H groups in total. The van der Waals surface area contributed by atoms with E-state index in [0.717, 1.165) is 0 Å². The summed E-state index contributed by atoms with van der Waals surface area (Å²) >= 11 is 11.7. The van der Waals surface area contributed by atoms with Crippen molar-refractivity contribution < 1.29 is 13.2 Å². The summed E-state index contributed by atoms with van der Waals surface area (Å²) in [5.41, 5.74) is 0.711. The second-order valence-corrected chi connectivity index (χ2v) is 6.83. The molecule has 0 amide bonds. The van der Waals surface area contributed by atoms with Crippen LogP contribution in [0.1, 0.15) is 0 Å². The summed E-state index contributed by atoms with van der Waals surface area (Å²) in [4.78, 5) is 14.6. The van der Waals surface area contributed by atoms with E-state index in [2.05, 4.69) is 24.7 Å². The number of halogens is 2. The molecule has 0 bridgehead atoms. The Labute approximate surface area is 140 Å². The summed E-state index contributed by atoms with van der Waals surface area (Å²) in [5, 5.41) is 0.255. The van der Waals surface area contributed by atoms with Crippen LogP contribution in [0.25, 0.3) is 11.2 Å². The molecule has 0 saturated heterocycles. The molecule has 1 aromatic carbocycles. The van der Waals surface area contributed by atoms with Crippen LogP contribution in [-0.4, -0.2) is 35.5 Å². The Kier molecular flexibility index (Phi) is 4.00. The first-order chi connectivity index (χ1) is 10.9. The van der Waals surface area contributed by atoms with Gasteiger partial charge in [-0.15, -0.1) is 0 Å². The number of sulfonamides is 1. The topological polar surface area (TPSA) is 110 Å². The largest absolute Gasteiger partial charge is 0.479 e. The predicted octanol–water partition coefficient (Wildman–Crippen LogP) is 2.47. The molecule has 23 heavy (non-hydrogen) atoms. The monoisotopic (exact) mass is 373 g/mol. The summed E-state index contributed by atoms with van der Waals surface area (Å²) in [5.74, 6) is -0.0418.